The molecule has 0 spiro atoms. The van der Waals surface area contributed by atoms with Crippen molar-refractivity contribution in [2.24, 2.45) is 0 Å². The average molecular weight is 274 g/mol. The molecule has 110 valence electrons. The van der Waals surface area contributed by atoms with Gasteiger partial charge >= 0.3 is 0 Å². The van der Waals surface area contributed by atoms with Gasteiger partial charge in [0.1, 0.15) is 5.75 Å². The summed E-state index contributed by atoms with van der Waals surface area (Å²) >= 11 is 0. The third kappa shape index (κ3) is 2.84. The molecule has 2 unspecified atom stereocenters. The number of rotatable bonds is 2. The highest BCUT2D eigenvalue weighted by Crippen LogP contribution is 2.34. The normalized spacial score (nSPS) is 29.6. The van der Waals surface area contributed by atoms with Gasteiger partial charge in [-0.15, -0.1) is 0 Å². The van der Waals surface area contributed by atoms with E-state index in [-0.39, 0.29) is 5.54 Å². The number of benzene rings is 1. The van der Waals surface area contributed by atoms with Crippen LogP contribution in [0, 0.1) is 0 Å². The standard InChI is InChI=1S/C17H26N2O/c1-13-10-18-17(2,3)12-19(13)11-14-8-9-20-16-7-5-4-6-15(14)16/h4-7,13-14,18H,8-12H2,1-3H3. The molecule has 0 aromatic heterocycles. The van der Waals surface area contributed by atoms with E-state index in [0.29, 0.717) is 12.0 Å². The first-order chi connectivity index (χ1) is 9.55. The number of nitrogens with one attached hydrogen (secondary N) is 1. The molecule has 1 N–H and O–H groups in total. The van der Waals surface area contributed by atoms with Crippen LogP contribution in [-0.4, -0.2) is 42.7 Å². The van der Waals surface area contributed by atoms with Gasteiger partial charge in [0.2, 0.25) is 0 Å². The van der Waals surface area contributed by atoms with Crippen molar-refractivity contribution in [3.8, 4) is 5.75 Å². The summed E-state index contributed by atoms with van der Waals surface area (Å²) in [5, 5.41) is 3.63. The fourth-order valence-electron chi connectivity index (χ4n) is 3.41. The van der Waals surface area contributed by atoms with Crippen molar-refractivity contribution in [1.82, 2.24) is 10.2 Å². The van der Waals surface area contributed by atoms with Crippen molar-refractivity contribution in [2.45, 2.75) is 44.7 Å². The van der Waals surface area contributed by atoms with Crippen LogP contribution in [0.1, 0.15) is 38.7 Å². The SMILES string of the molecule is CC1CNC(C)(C)CN1CC1CCOc2ccccc21. The van der Waals surface area contributed by atoms with Crippen LogP contribution in [0.3, 0.4) is 0 Å². The van der Waals surface area contributed by atoms with E-state index in [2.05, 4.69) is 55.3 Å². The summed E-state index contributed by atoms with van der Waals surface area (Å²) in [6.45, 7) is 11.1. The van der Waals surface area contributed by atoms with E-state index < -0.39 is 0 Å². The highest BCUT2D eigenvalue weighted by molar-refractivity contribution is 5.38. The molecule has 0 bridgehead atoms. The van der Waals surface area contributed by atoms with Gasteiger partial charge in [0.15, 0.2) is 0 Å². The first-order valence-electron chi connectivity index (χ1n) is 7.76. The summed E-state index contributed by atoms with van der Waals surface area (Å²) < 4.78 is 5.78. The lowest BCUT2D eigenvalue weighted by atomic mass is 9.90. The summed E-state index contributed by atoms with van der Waals surface area (Å²) in [4.78, 5) is 2.64. The topological polar surface area (TPSA) is 24.5 Å². The second-order valence-corrected chi connectivity index (χ2v) is 6.92. The number of hydrogen-bond acceptors (Lipinski definition) is 3. The van der Waals surface area contributed by atoms with Gasteiger partial charge in [-0.1, -0.05) is 18.2 Å². The van der Waals surface area contributed by atoms with E-state index in [1.165, 1.54) is 5.56 Å². The molecule has 1 saturated heterocycles. The van der Waals surface area contributed by atoms with Crippen molar-refractivity contribution in [3.63, 3.8) is 0 Å². The van der Waals surface area contributed by atoms with Crippen molar-refractivity contribution in [3.05, 3.63) is 29.8 Å². The number of nitrogens with zero attached hydrogens (tertiary/aromatic N) is 1. The van der Waals surface area contributed by atoms with Crippen LogP contribution in [0.2, 0.25) is 0 Å². The molecule has 0 amide bonds. The van der Waals surface area contributed by atoms with Gasteiger partial charge in [-0.2, -0.15) is 0 Å². The van der Waals surface area contributed by atoms with Crippen LogP contribution in [-0.2, 0) is 0 Å². The monoisotopic (exact) mass is 274 g/mol. The Morgan fingerprint density at radius 3 is 3.00 bits per heavy atom. The number of para-hydroxylation sites is 1. The summed E-state index contributed by atoms with van der Waals surface area (Å²) in [5.41, 5.74) is 1.61. The zero-order valence-corrected chi connectivity index (χ0v) is 12.9. The lowest BCUT2D eigenvalue weighted by molar-refractivity contribution is 0.0915. The molecule has 1 fully saturated rings. The van der Waals surface area contributed by atoms with Crippen LogP contribution in [0.4, 0.5) is 0 Å². The second kappa shape index (κ2) is 5.38. The Labute approximate surface area is 122 Å². The predicted octanol–water partition coefficient (Wildman–Crippen LogP) is 2.63. The van der Waals surface area contributed by atoms with E-state index >= 15 is 0 Å². The molecule has 0 saturated carbocycles. The summed E-state index contributed by atoms with van der Waals surface area (Å²) in [6, 6.07) is 9.14. The van der Waals surface area contributed by atoms with E-state index in [1.807, 2.05) is 0 Å². The Balaban J connectivity index is 1.75. The number of ether oxygens (including phenoxy) is 1. The smallest absolute Gasteiger partial charge is 0.122 e. The molecule has 1 aromatic rings. The largest absolute Gasteiger partial charge is 0.493 e. The molecular weight excluding hydrogens is 248 g/mol. The van der Waals surface area contributed by atoms with E-state index in [1.54, 1.807) is 0 Å². The Morgan fingerprint density at radius 1 is 1.35 bits per heavy atom. The van der Waals surface area contributed by atoms with E-state index in [0.717, 1.165) is 38.4 Å². The second-order valence-electron chi connectivity index (χ2n) is 6.92. The number of piperazine rings is 1. The molecule has 2 atom stereocenters. The first kappa shape index (κ1) is 13.9. The maximum Gasteiger partial charge on any atom is 0.122 e. The fourth-order valence-corrected chi connectivity index (χ4v) is 3.41. The van der Waals surface area contributed by atoms with Gasteiger partial charge < -0.3 is 10.1 Å². The Kier molecular flexibility index (Phi) is 3.74. The minimum absolute atomic E-state index is 0.219. The molecule has 3 nitrogen and oxygen atoms in total. The molecule has 1 aromatic carbocycles. The Bertz CT molecular complexity index is 472. The summed E-state index contributed by atoms with van der Waals surface area (Å²) in [7, 11) is 0. The number of hydrogen-bond donors (Lipinski definition) is 1. The van der Waals surface area contributed by atoms with Gasteiger partial charge in [-0.05, 0) is 38.8 Å². The van der Waals surface area contributed by atoms with E-state index in [4.69, 9.17) is 4.74 Å². The average Bonchev–Trinajstić information content (AvgIpc) is 2.43. The Hall–Kier alpha value is -1.06. The molecular formula is C17H26N2O. The molecule has 0 aliphatic carbocycles. The predicted molar refractivity (Wildman–Crippen MR) is 82.4 cm³/mol. The maximum atomic E-state index is 5.78. The van der Waals surface area contributed by atoms with Crippen LogP contribution >= 0.6 is 0 Å². The van der Waals surface area contributed by atoms with Crippen LogP contribution in [0.25, 0.3) is 0 Å². The lowest BCUT2D eigenvalue weighted by Crippen LogP contribution is -2.61. The first-order valence-corrected chi connectivity index (χ1v) is 7.76. The number of fused-ring (bicyclic) bond motifs is 1. The highest BCUT2D eigenvalue weighted by Gasteiger charge is 2.32. The summed E-state index contributed by atoms with van der Waals surface area (Å²) in [5.74, 6) is 1.70. The third-order valence-electron chi connectivity index (χ3n) is 4.64. The molecule has 2 aliphatic rings. The van der Waals surface area contributed by atoms with Gasteiger partial charge in [-0.3, -0.25) is 4.90 Å². The molecule has 2 heterocycles. The van der Waals surface area contributed by atoms with Crippen LogP contribution in [0.15, 0.2) is 24.3 Å². The minimum atomic E-state index is 0.219. The zero-order valence-electron chi connectivity index (χ0n) is 12.9. The van der Waals surface area contributed by atoms with Gasteiger partial charge in [0.25, 0.3) is 0 Å². The third-order valence-corrected chi connectivity index (χ3v) is 4.64. The zero-order chi connectivity index (χ0) is 14.2. The lowest BCUT2D eigenvalue weighted by Gasteiger charge is -2.45. The maximum absolute atomic E-state index is 5.78. The fraction of sp³-hybridized carbons (Fsp3) is 0.647. The van der Waals surface area contributed by atoms with Crippen molar-refractivity contribution in [2.75, 3.05) is 26.2 Å². The van der Waals surface area contributed by atoms with Gasteiger partial charge in [0.05, 0.1) is 6.61 Å². The molecule has 20 heavy (non-hydrogen) atoms. The highest BCUT2D eigenvalue weighted by atomic mass is 16.5. The molecule has 3 heteroatoms. The van der Waals surface area contributed by atoms with Crippen molar-refractivity contribution < 1.29 is 4.74 Å². The van der Waals surface area contributed by atoms with Crippen molar-refractivity contribution >= 4 is 0 Å². The van der Waals surface area contributed by atoms with Crippen LogP contribution in [0.5, 0.6) is 5.75 Å². The molecule has 2 aliphatic heterocycles. The summed E-state index contributed by atoms with van der Waals surface area (Å²) in [6.07, 6.45) is 1.13. The minimum Gasteiger partial charge on any atom is -0.493 e. The quantitative estimate of drug-likeness (QED) is 0.897. The van der Waals surface area contributed by atoms with Crippen LogP contribution < -0.4 is 10.1 Å². The van der Waals surface area contributed by atoms with Gasteiger partial charge in [-0.25, -0.2) is 0 Å². The van der Waals surface area contributed by atoms with Gasteiger partial charge in [0, 0.05) is 37.1 Å². The van der Waals surface area contributed by atoms with E-state index in [9.17, 15) is 0 Å². The van der Waals surface area contributed by atoms with Crippen molar-refractivity contribution in [1.29, 1.82) is 0 Å². The molecule has 3 rings (SSSR count). The Morgan fingerprint density at radius 2 is 2.15 bits per heavy atom. The molecule has 0 radical (unpaired) electrons.